The standard InChI is InChI=1S/C10H16O/c1-5-9(4)6-7-10(11)8(2)3/h5,9H,1-2,6-7H2,3-4H3. The molecule has 0 aromatic carbocycles. The van der Waals surface area contributed by atoms with Gasteiger partial charge in [-0.25, -0.2) is 0 Å². The summed E-state index contributed by atoms with van der Waals surface area (Å²) >= 11 is 0. The van der Waals surface area contributed by atoms with Gasteiger partial charge in [0.1, 0.15) is 0 Å². The van der Waals surface area contributed by atoms with Crippen LogP contribution in [-0.2, 0) is 4.79 Å². The van der Waals surface area contributed by atoms with Crippen LogP contribution in [0.2, 0.25) is 0 Å². The second-order valence-electron chi connectivity index (χ2n) is 2.96. The molecule has 0 heterocycles. The van der Waals surface area contributed by atoms with E-state index in [2.05, 4.69) is 20.1 Å². The van der Waals surface area contributed by atoms with Crippen LogP contribution in [0.25, 0.3) is 0 Å². The van der Waals surface area contributed by atoms with Crippen molar-refractivity contribution in [2.24, 2.45) is 5.92 Å². The minimum atomic E-state index is 0.165. The van der Waals surface area contributed by atoms with Crippen LogP contribution in [-0.4, -0.2) is 5.78 Å². The molecule has 0 amide bonds. The van der Waals surface area contributed by atoms with Crippen LogP contribution >= 0.6 is 0 Å². The molecule has 1 nitrogen and oxygen atoms in total. The number of Topliss-reactive ketones (excluding diaryl/α,β-unsaturated/α-hetero) is 1. The quantitative estimate of drug-likeness (QED) is 0.437. The first kappa shape index (κ1) is 10.2. The van der Waals surface area contributed by atoms with Gasteiger partial charge in [-0.3, -0.25) is 4.79 Å². The summed E-state index contributed by atoms with van der Waals surface area (Å²) in [5, 5.41) is 0. The van der Waals surface area contributed by atoms with Crippen molar-refractivity contribution < 1.29 is 4.79 Å². The van der Waals surface area contributed by atoms with Crippen LogP contribution in [0.1, 0.15) is 26.7 Å². The van der Waals surface area contributed by atoms with Crippen LogP contribution in [0.15, 0.2) is 24.8 Å². The molecule has 0 radical (unpaired) electrons. The summed E-state index contributed by atoms with van der Waals surface area (Å²) in [6.45, 7) is 11.0. The van der Waals surface area contributed by atoms with Crippen LogP contribution in [0, 0.1) is 5.92 Å². The van der Waals surface area contributed by atoms with E-state index in [9.17, 15) is 4.79 Å². The summed E-state index contributed by atoms with van der Waals surface area (Å²) in [7, 11) is 0. The lowest BCUT2D eigenvalue weighted by molar-refractivity contribution is -0.115. The van der Waals surface area contributed by atoms with Gasteiger partial charge >= 0.3 is 0 Å². The Labute approximate surface area is 68.8 Å². The normalized spacial score (nSPS) is 12.2. The van der Waals surface area contributed by atoms with Crippen molar-refractivity contribution in [1.29, 1.82) is 0 Å². The molecule has 1 atom stereocenters. The first-order valence-electron chi connectivity index (χ1n) is 3.89. The fraction of sp³-hybridized carbons (Fsp3) is 0.500. The summed E-state index contributed by atoms with van der Waals surface area (Å²) in [5.74, 6) is 0.594. The van der Waals surface area contributed by atoms with E-state index >= 15 is 0 Å². The lowest BCUT2D eigenvalue weighted by atomic mass is 10.0. The second-order valence-corrected chi connectivity index (χ2v) is 2.96. The lowest BCUT2D eigenvalue weighted by Gasteiger charge is -2.03. The highest BCUT2D eigenvalue weighted by Gasteiger charge is 2.03. The molecule has 0 aliphatic heterocycles. The molecule has 0 saturated carbocycles. The van der Waals surface area contributed by atoms with Gasteiger partial charge in [0.2, 0.25) is 0 Å². The third-order valence-corrected chi connectivity index (χ3v) is 1.71. The molecule has 11 heavy (non-hydrogen) atoms. The number of hydrogen-bond donors (Lipinski definition) is 0. The van der Waals surface area contributed by atoms with E-state index in [1.165, 1.54) is 0 Å². The molecule has 0 saturated heterocycles. The first-order valence-corrected chi connectivity index (χ1v) is 3.89. The predicted molar refractivity (Wildman–Crippen MR) is 48.4 cm³/mol. The number of hydrogen-bond acceptors (Lipinski definition) is 1. The Morgan fingerprint density at radius 2 is 2.18 bits per heavy atom. The minimum Gasteiger partial charge on any atom is -0.295 e. The van der Waals surface area contributed by atoms with Crippen molar-refractivity contribution in [2.45, 2.75) is 26.7 Å². The van der Waals surface area contributed by atoms with E-state index in [1.54, 1.807) is 6.92 Å². The average molecular weight is 152 g/mol. The molecule has 0 N–H and O–H groups in total. The Kier molecular flexibility index (Phi) is 4.51. The summed E-state index contributed by atoms with van der Waals surface area (Å²) in [5.41, 5.74) is 0.654. The van der Waals surface area contributed by atoms with Gasteiger partial charge in [0.15, 0.2) is 5.78 Å². The molecular formula is C10H16O. The number of ketones is 1. The Morgan fingerprint density at radius 1 is 1.64 bits per heavy atom. The highest BCUT2D eigenvalue weighted by Crippen LogP contribution is 2.08. The third-order valence-electron chi connectivity index (χ3n) is 1.71. The Bertz CT molecular complexity index is 168. The average Bonchev–Trinajstić information content (AvgIpc) is 1.99. The van der Waals surface area contributed by atoms with E-state index in [1.807, 2.05) is 6.08 Å². The van der Waals surface area contributed by atoms with E-state index < -0.39 is 0 Å². The molecule has 0 aromatic heterocycles. The summed E-state index contributed by atoms with van der Waals surface area (Å²) in [4.78, 5) is 11.0. The van der Waals surface area contributed by atoms with Crippen LogP contribution in [0.3, 0.4) is 0 Å². The van der Waals surface area contributed by atoms with Crippen molar-refractivity contribution in [3.8, 4) is 0 Å². The number of rotatable bonds is 5. The topological polar surface area (TPSA) is 17.1 Å². The zero-order chi connectivity index (χ0) is 8.85. The first-order chi connectivity index (χ1) is 5.07. The van der Waals surface area contributed by atoms with E-state index in [0.717, 1.165) is 6.42 Å². The van der Waals surface area contributed by atoms with Crippen molar-refractivity contribution >= 4 is 5.78 Å². The molecule has 0 bridgehead atoms. The molecule has 62 valence electrons. The molecule has 1 heteroatoms. The summed E-state index contributed by atoms with van der Waals surface area (Å²) in [6, 6.07) is 0. The van der Waals surface area contributed by atoms with Crippen LogP contribution in [0.4, 0.5) is 0 Å². The van der Waals surface area contributed by atoms with Gasteiger partial charge < -0.3 is 0 Å². The summed E-state index contributed by atoms with van der Waals surface area (Å²) in [6.07, 6.45) is 3.35. The maximum Gasteiger partial charge on any atom is 0.158 e. The van der Waals surface area contributed by atoms with Gasteiger partial charge in [0.05, 0.1) is 0 Å². The van der Waals surface area contributed by atoms with Gasteiger partial charge in [0, 0.05) is 6.42 Å². The van der Waals surface area contributed by atoms with Crippen LogP contribution < -0.4 is 0 Å². The van der Waals surface area contributed by atoms with E-state index in [4.69, 9.17) is 0 Å². The molecule has 0 aromatic rings. The zero-order valence-electron chi connectivity index (χ0n) is 7.39. The van der Waals surface area contributed by atoms with Gasteiger partial charge in [0.25, 0.3) is 0 Å². The van der Waals surface area contributed by atoms with Crippen LogP contribution in [0.5, 0.6) is 0 Å². The largest absolute Gasteiger partial charge is 0.295 e. The third kappa shape index (κ3) is 4.54. The van der Waals surface area contributed by atoms with Gasteiger partial charge in [-0.15, -0.1) is 6.58 Å². The van der Waals surface area contributed by atoms with Crippen molar-refractivity contribution in [3.05, 3.63) is 24.8 Å². The number of carbonyl (C=O) groups is 1. The monoisotopic (exact) mass is 152 g/mol. The molecule has 0 rings (SSSR count). The Hall–Kier alpha value is -0.850. The van der Waals surface area contributed by atoms with Gasteiger partial charge in [-0.1, -0.05) is 19.6 Å². The predicted octanol–water partition coefficient (Wildman–Crippen LogP) is 2.73. The van der Waals surface area contributed by atoms with Crippen molar-refractivity contribution in [3.63, 3.8) is 0 Å². The highest BCUT2D eigenvalue weighted by atomic mass is 16.1. The van der Waals surface area contributed by atoms with E-state index in [-0.39, 0.29) is 5.78 Å². The number of allylic oxidation sites excluding steroid dienone is 2. The van der Waals surface area contributed by atoms with Gasteiger partial charge in [-0.2, -0.15) is 0 Å². The minimum absolute atomic E-state index is 0.165. The maximum atomic E-state index is 11.0. The smallest absolute Gasteiger partial charge is 0.158 e. The summed E-state index contributed by atoms with van der Waals surface area (Å²) < 4.78 is 0. The maximum absolute atomic E-state index is 11.0. The molecule has 1 unspecified atom stereocenters. The van der Waals surface area contributed by atoms with Crippen molar-refractivity contribution in [1.82, 2.24) is 0 Å². The molecule has 0 aliphatic rings. The van der Waals surface area contributed by atoms with Gasteiger partial charge in [-0.05, 0) is 24.8 Å². The SMILES string of the molecule is C=CC(C)CCC(=O)C(=C)C. The number of carbonyl (C=O) groups excluding carboxylic acids is 1. The zero-order valence-corrected chi connectivity index (χ0v) is 7.39. The Balaban J connectivity index is 3.62. The highest BCUT2D eigenvalue weighted by molar-refractivity contribution is 5.94. The molecule has 0 spiro atoms. The fourth-order valence-electron chi connectivity index (χ4n) is 0.690. The van der Waals surface area contributed by atoms with Crippen molar-refractivity contribution in [2.75, 3.05) is 0 Å². The van der Waals surface area contributed by atoms with E-state index in [0.29, 0.717) is 17.9 Å². The molecule has 0 fully saturated rings. The Morgan fingerprint density at radius 3 is 2.55 bits per heavy atom. The lowest BCUT2D eigenvalue weighted by Crippen LogP contribution is -2.00. The molecular weight excluding hydrogens is 136 g/mol. The second kappa shape index (κ2) is 4.89. The fourth-order valence-corrected chi connectivity index (χ4v) is 0.690. The molecule has 0 aliphatic carbocycles.